The molecule has 0 radical (unpaired) electrons. The molecular formula is C14H10ClFN2O4. The number of rotatable bonds is 5. The van der Waals surface area contributed by atoms with Crippen LogP contribution in [0.1, 0.15) is 0 Å². The number of hydrogen-bond acceptors (Lipinski definition) is 4. The average molecular weight is 325 g/mol. The van der Waals surface area contributed by atoms with E-state index >= 15 is 0 Å². The maximum absolute atomic E-state index is 13.0. The molecule has 0 aliphatic heterocycles. The molecule has 0 saturated heterocycles. The SMILES string of the molecule is O=C(COc1ccc([N+](=O)[O-])cc1Cl)Nc1cccc(F)c1. The summed E-state index contributed by atoms with van der Waals surface area (Å²) in [5.74, 6) is -0.848. The number of nitro benzene ring substituents is 1. The van der Waals surface area contributed by atoms with Crippen LogP contribution in [0.2, 0.25) is 5.02 Å². The van der Waals surface area contributed by atoms with E-state index < -0.39 is 16.6 Å². The molecule has 0 atom stereocenters. The Bertz CT molecular complexity index is 724. The summed E-state index contributed by atoms with van der Waals surface area (Å²) in [5, 5.41) is 13.0. The van der Waals surface area contributed by atoms with Gasteiger partial charge >= 0.3 is 0 Å². The molecule has 8 heteroatoms. The molecule has 0 aromatic heterocycles. The maximum Gasteiger partial charge on any atom is 0.271 e. The monoisotopic (exact) mass is 324 g/mol. The molecule has 2 aromatic rings. The predicted octanol–water partition coefficient (Wildman–Crippen LogP) is 3.40. The highest BCUT2D eigenvalue weighted by Crippen LogP contribution is 2.28. The summed E-state index contributed by atoms with van der Waals surface area (Å²) in [4.78, 5) is 21.7. The number of anilines is 1. The van der Waals surface area contributed by atoms with E-state index in [1.165, 1.54) is 30.3 Å². The molecule has 0 fully saturated rings. The Hall–Kier alpha value is -2.67. The molecule has 6 nitrogen and oxygen atoms in total. The number of non-ortho nitro benzene ring substituents is 1. The van der Waals surface area contributed by atoms with E-state index in [0.717, 1.165) is 12.1 Å². The predicted molar refractivity (Wildman–Crippen MR) is 78.6 cm³/mol. The van der Waals surface area contributed by atoms with Crippen LogP contribution in [0.3, 0.4) is 0 Å². The highest BCUT2D eigenvalue weighted by molar-refractivity contribution is 6.32. The summed E-state index contributed by atoms with van der Waals surface area (Å²) in [6, 6.07) is 9.04. The minimum absolute atomic E-state index is 0.0211. The van der Waals surface area contributed by atoms with Crippen molar-refractivity contribution in [1.82, 2.24) is 0 Å². The van der Waals surface area contributed by atoms with Crippen LogP contribution in [0.25, 0.3) is 0 Å². The van der Waals surface area contributed by atoms with Crippen molar-refractivity contribution in [2.24, 2.45) is 0 Å². The third kappa shape index (κ3) is 4.16. The number of halogens is 2. The van der Waals surface area contributed by atoms with Crippen molar-refractivity contribution in [3.63, 3.8) is 0 Å². The molecule has 2 aromatic carbocycles. The molecule has 1 amide bonds. The number of carbonyl (C=O) groups excluding carboxylic acids is 1. The van der Waals surface area contributed by atoms with Crippen LogP contribution < -0.4 is 10.1 Å². The van der Waals surface area contributed by atoms with Crippen LogP contribution >= 0.6 is 11.6 Å². The van der Waals surface area contributed by atoms with Gasteiger partial charge in [-0.15, -0.1) is 0 Å². The van der Waals surface area contributed by atoms with Gasteiger partial charge in [0.1, 0.15) is 11.6 Å². The van der Waals surface area contributed by atoms with Gasteiger partial charge in [-0.1, -0.05) is 17.7 Å². The minimum Gasteiger partial charge on any atom is -0.482 e. The number of ether oxygens (including phenoxy) is 1. The first-order chi connectivity index (χ1) is 10.5. The number of nitrogens with zero attached hydrogens (tertiary/aromatic N) is 1. The normalized spacial score (nSPS) is 10.1. The Morgan fingerprint density at radius 1 is 1.32 bits per heavy atom. The fraction of sp³-hybridized carbons (Fsp3) is 0.0714. The second-order valence-corrected chi connectivity index (χ2v) is 4.63. The van der Waals surface area contributed by atoms with Gasteiger partial charge in [0, 0.05) is 17.8 Å². The third-order valence-corrected chi connectivity index (χ3v) is 2.89. The topological polar surface area (TPSA) is 81.5 Å². The first-order valence-corrected chi connectivity index (χ1v) is 6.45. The standard InChI is InChI=1S/C14H10ClFN2O4/c15-12-7-11(18(20)21)4-5-13(12)22-8-14(19)17-10-3-1-2-9(16)6-10/h1-7H,8H2,(H,17,19). The van der Waals surface area contributed by atoms with Crippen molar-refractivity contribution in [2.75, 3.05) is 11.9 Å². The van der Waals surface area contributed by atoms with Gasteiger partial charge in [0.05, 0.1) is 9.95 Å². The van der Waals surface area contributed by atoms with Gasteiger partial charge in [-0.05, 0) is 24.3 Å². The van der Waals surface area contributed by atoms with Crippen molar-refractivity contribution in [3.05, 3.63) is 63.4 Å². The summed E-state index contributed by atoms with van der Waals surface area (Å²) in [6.45, 7) is -0.367. The van der Waals surface area contributed by atoms with Crippen LogP contribution in [0.4, 0.5) is 15.8 Å². The van der Waals surface area contributed by atoms with Crippen molar-refractivity contribution in [1.29, 1.82) is 0 Å². The van der Waals surface area contributed by atoms with Gasteiger partial charge < -0.3 is 10.1 Å². The molecule has 0 aliphatic rings. The summed E-state index contributed by atoms with van der Waals surface area (Å²) in [5.41, 5.74) is 0.116. The molecule has 22 heavy (non-hydrogen) atoms. The largest absolute Gasteiger partial charge is 0.482 e. The van der Waals surface area contributed by atoms with Gasteiger partial charge in [0.15, 0.2) is 6.61 Å². The van der Waals surface area contributed by atoms with Crippen LogP contribution in [0.5, 0.6) is 5.75 Å². The quantitative estimate of drug-likeness (QED) is 0.675. The van der Waals surface area contributed by atoms with E-state index in [-0.39, 0.29) is 23.1 Å². The zero-order valence-electron chi connectivity index (χ0n) is 11.1. The molecule has 0 bridgehead atoms. The van der Waals surface area contributed by atoms with Crippen LogP contribution in [0.15, 0.2) is 42.5 Å². The lowest BCUT2D eigenvalue weighted by atomic mass is 10.3. The van der Waals surface area contributed by atoms with Gasteiger partial charge in [-0.2, -0.15) is 0 Å². The molecule has 0 aliphatic carbocycles. The van der Waals surface area contributed by atoms with Crippen molar-refractivity contribution in [3.8, 4) is 5.75 Å². The smallest absolute Gasteiger partial charge is 0.271 e. The van der Waals surface area contributed by atoms with E-state index in [2.05, 4.69) is 5.32 Å². The second-order valence-electron chi connectivity index (χ2n) is 4.22. The van der Waals surface area contributed by atoms with E-state index in [4.69, 9.17) is 16.3 Å². The van der Waals surface area contributed by atoms with E-state index in [9.17, 15) is 19.3 Å². The Kier molecular flexibility index (Phi) is 4.90. The highest BCUT2D eigenvalue weighted by atomic mass is 35.5. The molecule has 2 rings (SSSR count). The van der Waals surface area contributed by atoms with Gasteiger partial charge in [-0.3, -0.25) is 14.9 Å². The molecule has 114 valence electrons. The number of amides is 1. The molecule has 0 heterocycles. The molecular weight excluding hydrogens is 315 g/mol. The van der Waals surface area contributed by atoms with Crippen LogP contribution in [-0.4, -0.2) is 17.4 Å². The number of nitrogens with one attached hydrogen (secondary N) is 1. The number of nitro groups is 1. The molecule has 0 spiro atoms. The van der Waals surface area contributed by atoms with Crippen molar-refractivity contribution < 1.29 is 18.8 Å². The van der Waals surface area contributed by atoms with E-state index in [1.807, 2.05) is 0 Å². The average Bonchev–Trinajstić information content (AvgIpc) is 2.45. The number of hydrogen-bond donors (Lipinski definition) is 1. The zero-order valence-corrected chi connectivity index (χ0v) is 11.8. The third-order valence-electron chi connectivity index (χ3n) is 2.59. The van der Waals surface area contributed by atoms with Crippen molar-refractivity contribution >= 4 is 28.9 Å². The molecule has 0 saturated carbocycles. The fourth-order valence-corrected chi connectivity index (χ4v) is 1.86. The number of benzene rings is 2. The Labute approximate surface area is 129 Å². The maximum atomic E-state index is 13.0. The van der Waals surface area contributed by atoms with Crippen LogP contribution in [-0.2, 0) is 4.79 Å². The van der Waals surface area contributed by atoms with E-state index in [1.54, 1.807) is 0 Å². The van der Waals surface area contributed by atoms with Gasteiger partial charge in [0.2, 0.25) is 0 Å². The summed E-state index contributed by atoms with van der Waals surface area (Å²) >= 11 is 5.83. The second kappa shape index (κ2) is 6.86. The lowest BCUT2D eigenvalue weighted by Crippen LogP contribution is -2.20. The Balaban J connectivity index is 1.95. The summed E-state index contributed by atoms with van der Waals surface area (Å²) in [7, 11) is 0. The minimum atomic E-state index is -0.591. The summed E-state index contributed by atoms with van der Waals surface area (Å²) in [6.07, 6.45) is 0. The van der Waals surface area contributed by atoms with Crippen LogP contribution in [0, 0.1) is 15.9 Å². The Morgan fingerprint density at radius 2 is 2.09 bits per heavy atom. The molecule has 0 unspecified atom stereocenters. The molecule has 1 N–H and O–H groups in total. The lowest BCUT2D eigenvalue weighted by molar-refractivity contribution is -0.384. The highest BCUT2D eigenvalue weighted by Gasteiger charge is 2.11. The van der Waals surface area contributed by atoms with Crippen molar-refractivity contribution in [2.45, 2.75) is 0 Å². The number of carbonyl (C=O) groups is 1. The lowest BCUT2D eigenvalue weighted by Gasteiger charge is -2.08. The summed E-state index contributed by atoms with van der Waals surface area (Å²) < 4.78 is 18.1. The first-order valence-electron chi connectivity index (χ1n) is 6.08. The van der Waals surface area contributed by atoms with Gasteiger partial charge in [0.25, 0.3) is 11.6 Å². The van der Waals surface area contributed by atoms with Gasteiger partial charge in [-0.25, -0.2) is 4.39 Å². The fourth-order valence-electron chi connectivity index (χ4n) is 1.63. The first kappa shape index (κ1) is 15.7. The Morgan fingerprint density at radius 3 is 2.73 bits per heavy atom. The zero-order chi connectivity index (χ0) is 16.1. The van der Waals surface area contributed by atoms with E-state index in [0.29, 0.717) is 5.69 Å².